The van der Waals surface area contributed by atoms with Crippen LogP contribution in [0.25, 0.3) is 10.9 Å². The van der Waals surface area contributed by atoms with E-state index in [1.54, 1.807) is 19.9 Å². The number of aromatic nitrogens is 1. The van der Waals surface area contributed by atoms with Crippen LogP contribution in [0.4, 0.5) is 5.82 Å². The molecular formula is C16H19N3O. The van der Waals surface area contributed by atoms with Gasteiger partial charge in [-0.2, -0.15) is 5.26 Å². The largest absolute Gasteiger partial charge is 0.389 e. The summed E-state index contributed by atoms with van der Waals surface area (Å²) in [6.45, 7) is 6.73. The van der Waals surface area contributed by atoms with Crippen molar-refractivity contribution in [2.45, 2.75) is 26.4 Å². The summed E-state index contributed by atoms with van der Waals surface area (Å²) in [5.74, 6) is 0.727. The number of para-hydroxylation sites is 1. The minimum atomic E-state index is -0.809. The molecule has 4 nitrogen and oxygen atoms in total. The van der Waals surface area contributed by atoms with Crippen molar-refractivity contribution in [3.63, 3.8) is 0 Å². The molecule has 2 aromatic rings. The molecule has 20 heavy (non-hydrogen) atoms. The van der Waals surface area contributed by atoms with E-state index in [-0.39, 0.29) is 0 Å². The molecule has 0 aliphatic heterocycles. The molecule has 0 aliphatic rings. The molecule has 0 atom stereocenters. The molecule has 0 saturated carbocycles. The fourth-order valence-electron chi connectivity index (χ4n) is 2.24. The number of aliphatic hydroxyl groups is 1. The molecule has 0 spiro atoms. The molecule has 2 rings (SSSR count). The Balaban J connectivity index is 2.51. The van der Waals surface area contributed by atoms with E-state index in [0.29, 0.717) is 12.1 Å². The first-order valence-corrected chi connectivity index (χ1v) is 6.72. The maximum Gasteiger partial charge on any atom is 0.130 e. The quantitative estimate of drug-likeness (QED) is 0.927. The average molecular weight is 269 g/mol. The minimum Gasteiger partial charge on any atom is -0.389 e. The third-order valence-electron chi connectivity index (χ3n) is 3.11. The zero-order valence-electron chi connectivity index (χ0n) is 12.1. The number of rotatable bonds is 4. The van der Waals surface area contributed by atoms with E-state index in [0.717, 1.165) is 23.3 Å². The number of pyridine rings is 1. The van der Waals surface area contributed by atoms with E-state index in [1.807, 2.05) is 36.1 Å². The van der Waals surface area contributed by atoms with Gasteiger partial charge in [0.05, 0.1) is 22.8 Å². The smallest absolute Gasteiger partial charge is 0.130 e. The Morgan fingerprint density at radius 3 is 2.65 bits per heavy atom. The zero-order valence-corrected chi connectivity index (χ0v) is 12.1. The Labute approximate surface area is 119 Å². The highest BCUT2D eigenvalue weighted by Crippen LogP contribution is 2.23. The lowest BCUT2D eigenvalue weighted by Gasteiger charge is -2.29. The van der Waals surface area contributed by atoms with Gasteiger partial charge in [-0.15, -0.1) is 0 Å². The van der Waals surface area contributed by atoms with Crippen LogP contribution in [0.1, 0.15) is 26.3 Å². The summed E-state index contributed by atoms with van der Waals surface area (Å²) in [6.07, 6.45) is 0. The summed E-state index contributed by atoms with van der Waals surface area (Å²) in [5.41, 5.74) is 0.603. The van der Waals surface area contributed by atoms with E-state index in [4.69, 9.17) is 0 Å². The molecule has 1 heterocycles. The number of hydrogen-bond donors (Lipinski definition) is 1. The van der Waals surface area contributed by atoms with Crippen LogP contribution in [0.5, 0.6) is 0 Å². The number of likely N-dealkylation sites (N-methyl/N-ethyl adjacent to an activating group) is 1. The number of hydrogen-bond acceptors (Lipinski definition) is 4. The Bertz CT molecular complexity index is 653. The summed E-state index contributed by atoms with van der Waals surface area (Å²) in [5, 5.41) is 20.1. The summed E-state index contributed by atoms with van der Waals surface area (Å²) < 4.78 is 0. The molecule has 0 unspecified atom stereocenters. The second-order valence-corrected chi connectivity index (χ2v) is 5.48. The summed E-state index contributed by atoms with van der Waals surface area (Å²) >= 11 is 0. The molecule has 0 bridgehead atoms. The first kappa shape index (κ1) is 14.3. The van der Waals surface area contributed by atoms with Crippen LogP contribution in [0.2, 0.25) is 0 Å². The second-order valence-electron chi connectivity index (χ2n) is 5.48. The van der Waals surface area contributed by atoms with Gasteiger partial charge >= 0.3 is 0 Å². The van der Waals surface area contributed by atoms with Crippen molar-refractivity contribution in [1.29, 1.82) is 5.26 Å². The van der Waals surface area contributed by atoms with Crippen LogP contribution in [0.15, 0.2) is 30.3 Å². The van der Waals surface area contributed by atoms with Crippen LogP contribution in [-0.4, -0.2) is 28.8 Å². The van der Waals surface area contributed by atoms with Gasteiger partial charge in [-0.1, -0.05) is 18.2 Å². The molecule has 0 fully saturated rings. The predicted octanol–water partition coefficient (Wildman–Crippen LogP) is 2.70. The highest BCUT2D eigenvalue weighted by molar-refractivity contribution is 5.86. The molecule has 0 amide bonds. The van der Waals surface area contributed by atoms with Gasteiger partial charge in [0, 0.05) is 18.5 Å². The SMILES string of the molecule is CCN(CC(C)(C)O)c1cc(C#N)c2ccccc2n1. The first-order valence-electron chi connectivity index (χ1n) is 6.72. The normalized spacial score (nSPS) is 11.3. The van der Waals surface area contributed by atoms with Gasteiger partial charge in [-0.05, 0) is 32.9 Å². The Morgan fingerprint density at radius 1 is 1.35 bits per heavy atom. The third kappa shape index (κ3) is 3.06. The van der Waals surface area contributed by atoms with Crippen LogP contribution < -0.4 is 4.90 Å². The standard InChI is InChI=1S/C16H19N3O/c1-4-19(11-16(2,3)20)15-9-12(10-17)13-7-5-6-8-14(13)18-15/h5-9,20H,4,11H2,1-3H3. The summed E-state index contributed by atoms with van der Waals surface area (Å²) in [4.78, 5) is 6.58. The van der Waals surface area contributed by atoms with Crippen molar-refractivity contribution in [1.82, 2.24) is 4.98 Å². The first-order chi connectivity index (χ1) is 9.44. The van der Waals surface area contributed by atoms with Crippen molar-refractivity contribution < 1.29 is 5.11 Å². The minimum absolute atomic E-state index is 0.472. The predicted molar refractivity (Wildman–Crippen MR) is 80.6 cm³/mol. The zero-order chi connectivity index (χ0) is 14.8. The van der Waals surface area contributed by atoms with Gasteiger partial charge in [-0.3, -0.25) is 0 Å². The molecule has 1 aromatic heterocycles. The highest BCUT2D eigenvalue weighted by atomic mass is 16.3. The van der Waals surface area contributed by atoms with Gasteiger partial charge in [0.15, 0.2) is 0 Å². The van der Waals surface area contributed by atoms with E-state index in [9.17, 15) is 10.4 Å². The fourth-order valence-corrected chi connectivity index (χ4v) is 2.24. The third-order valence-corrected chi connectivity index (χ3v) is 3.11. The van der Waals surface area contributed by atoms with Crippen molar-refractivity contribution in [3.05, 3.63) is 35.9 Å². The lowest BCUT2D eigenvalue weighted by Crippen LogP contribution is -2.39. The van der Waals surface area contributed by atoms with Crippen molar-refractivity contribution in [2.75, 3.05) is 18.0 Å². The molecule has 0 saturated heterocycles. The fraction of sp³-hybridized carbons (Fsp3) is 0.375. The van der Waals surface area contributed by atoms with E-state index in [1.165, 1.54) is 0 Å². The van der Waals surface area contributed by atoms with Crippen LogP contribution in [0, 0.1) is 11.3 Å². The number of benzene rings is 1. The van der Waals surface area contributed by atoms with Gasteiger partial charge in [-0.25, -0.2) is 4.98 Å². The second kappa shape index (κ2) is 5.48. The van der Waals surface area contributed by atoms with E-state index < -0.39 is 5.60 Å². The highest BCUT2D eigenvalue weighted by Gasteiger charge is 2.19. The van der Waals surface area contributed by atoms with Crippen LogP contribution >= 0.6 is 0 Å². The van der Waals surface area contributed by atoms with Gasteiger partial charge < -0.3 is 10.0 Å². The molecule has 104 valence electrons. The maximum absolute atomic E-state index is 9.99. The summed E-state index contributed by atoms with van der Waals surface area (Å²) in [7, 11) is 0. The number of nitriles is 1. The topological polar surface area (TPSA) is 60.1 Å². The van der Waals surface area contributed by atoms with Crippen LogP contribution in [0.3, 0.4) is 0 Å². The lowest BCUT2D eigenvalue weighted by atomic mass is 10.1. The van der Waals surface area contributed by atoms with Gasteiger partial charge in [0.25, 0.3) is 0 Å². The monoisotopic (exact) mass is 269 g/mol. The maximum atomic E-state index is 9.99. The molecular weight excluding hydrogens is 250 g/mol. The molecule has 1 N–H and O–H groups in total. The molecule has 0 radical (unpaired) electrons. The van der Waals surface area contributed by atoms with Crippen molar-refractivity contribution in [3.8, 4) is 6.07 Å². The van der Waals surface area contributed by atoms with Gasteiger partial charge in [0.1, 0.15) is 5.82 Å². The van der Waals surface area contributed by atoms with Gasteiger partial charge in [0.2, 0.25) is 0 Å². The molecule has 0 aliphatic carbocycles. The number of anilines is 1. The number of fused-ring (bicyclic) bond motifs is 1. The Hall–Kier alpha value is -2.12. The van der Waals surface area contributed by atoms with E-state index in [2.05, 4.69) is 11.1 Å². The molecule has 4 heteroatoms. The average Bonchev–Trinajstić information content (AvgIpc) is 2.42. The lowest BCUT2D eigenvalue weighted by molar-refractivity contribution is 0.0874. The van der Waals surface area contributed by atoms with Crippen molar-refractivity contribution in [2.24, 2.45) is 0 Å². The summed E-state index contributed by atoms with van der Waals surface area (Å²) in [6, 6.07) is 11.6. The van der Waals surface area contributed by atoms with E-state index >= 15 is 0 Å². The number of nitrogens with zero attached hydrogens (tertiary/aromatic N) is 3. The van der Waals surface area contributed by atoms with Crippen LogP contribution in [-0.2, 0) is 0 Å². The molecule has 1 aromatic carbocycles. The Kier molecular flexibility index (Phi) is 3.91. The van der Waals surface area contributed by atoms with Crippen molar-refractivity contribution >= 4 is 16.7 Å². The Morgan fingerprint density at radius 2 is 2.05 bits per heavy atom.